The minimum Gasteiger partial charge on any atom is -0.356 e. The van der Waals surface area contributed by atoms with Crippen LogP contribution in [0.1, 0.15) is 78.1 Å². The summed E-state index contributed by atoms with van der Waals surface area (Å²) < 4.78 is 6.81. The van der Waals surface area contributed by atoms with Crippen molar-refractivity contribution in [1.29, 1.82) is 0 Å². The molecule has 29 heavy (non-hydrogen) atoms. The van der Waals surface area contributed by atoms with Crippen LogP contribution in [0.15, 0.2) is 0 Å². The molecule has 0 aromatic rings. The number of nitrogens with two attached hydrogens (primary N) is 1. The number of carbonyl (C=O) groups excluding carboxylic acids is 1. The van der Waals surface area contributed by atoms with Crippen molar-refractivity contribution in [2.24, 2.45) is 40.7 Å². The van der Waals surface area contributed by atoms with E-state index in [-0.39, 0.29) is 17.2 Å². The van der Waals surface area contributed by atoms with Gasteiger partial charge in [-0.15, -0.1) is 0 Å². The highest BCUT2D eigenvalue weighted by molar-refractivity contribution is 5.76. The van der Waals surface area contributed by atoms with E-state index >= 15 is 0 Å². The number of rotatable bonds is 5. The first kappa shape index (κ1) is 20.2. The van der Waals surface area contributed by atoms with Gasteiger partial charge in [0.2, 0.25) is 17.5 Å². The molecule has 1 heterocycles. The molecule has 1 saturated heterocycles. The fourth-order valence-electron chi connectivity index (χ4n) is 7.00. The molecule has 0 aromatic carbocycles. The van der Waals surface area contributed by atoms with Crippen LogP contribution in [-0.2, 0) is 19.3 Å². The zero-order valence-electron chi connectivity index (χ0n) is 18.1. The van der Waals surface area contributed by atoms with E-state index in [0.717, 1.165) is 37.5 Å². The van der Waals surface area contributed by atoms with E-state index in [1.54, 1.807) is 0 Å². The first-order valence-electron chi connectivity index (χ1n) is 11.9. The molecule has 1 aliphatic heterocycles. The van der Waals surface area contributed by atoms with Crippen LogP contribution in [0.3, 0.4) is 0 Å². The van der Waals surface area contributed by atoms with Gasteiger partial charge in [0.05, 0.1) is 0 Å². The lowest BCUT2D eigenvalue weighted by Gasteiger charge is -2.57. The Bertz CT molecular complexity index is 623. The Morgan fingerprint density at radius 1 is 1.10 bits per heavy atom. The first-order chi connectivity index (χ1) is 13.8. The Labute approximate surface area is 174 Å². The van der Waals surface area contributed by atoms with Crippen molar-refractivity contribution in [3.63, 3.8) is 0 Å². The normalized spacial score (nSPS) is 46.0. The minimum absolute atomic E-state index is 0.0686. The zero-order valence-corrected chi connectivity index (χ0v) is 18.1. The van der Waals surface area contributed by atoms with E-state index in [2.05, 4.69) is 19.2 Å². The zero-order chi connectivity index (χ0) is 20.3. The van der Waals surface area contributed by atoms with Crippen molar-refractivity contribution in [3.05, 3.63) is 0 Å². The van der Waals surface area contributed by atoms with Crippen molar-refractivity contribution in [2.75, 3.05) is 13.1 Å². The molecule has 2 spiro atoms. The maximum atomic E-state index is 12.5. The van der Waals surface area contributed by atoms with Crippen molar-refractivity contribution < 1.29 is 19.3 Å². The van der Waals surface area contributed by atoms with Crippen LogP contribution in [0.2, 0.25) is 0 Å². The van der Waals surface area contributed by atoms with E-state index in [0.29, 0.717) is 31.3 Å². The second-order valence-corrected chi connectivity index (χ2v) is 11.5. The second-order valence-electron chi connectivity index (χ2n) is 11.5. The highest BCUT2D eigenvalue weighted by Gasteiger charge is 2.66. The van der Waals surface area contributed by atoms with Gasteiger partial charge in [0.1, 0.15) is 0 Å². The SMILES string of the molecule is CC(C)(CN)CNC(=O)CC1CCCC2(C1)OOC1(O2)C2CC3CC(C2)CC1C3. The van der Waals surface area contributed by atoms with Crippen LogP contribution in [0.25, 0.3) is 0 Å². The van der Waals surface area contributed by atoms with Gasteiger partial charge in [-0.3, -0.25) is 4.79 Å². The number of carbonyl (C=O) groups is 1. The number of hydrogen-bond acceptors (Lipinski definition) is 5. The van der Waals surface area contributed by atoms with Crippen molar-refractivity contribution >= 4 is 5.91 Å². The van der Waals surface area contributed by atoms with Gasteiger partial charge >= 0.3 is 0 Å². The first-order valence-corrected chi connectivity index (χ1v) is 11.9. The molecular weight excluding hydrogens is 368 g/mol. The Kier molecular flexibility index (Phi) is 5.01. The van der Waals surface area contributed by atoms with Gasteiger partial charge in [-0.05, 0) is 74.7 Å². The molecule has 3 N–H and O–H groups in total. The molecule has 6 fully saturated rings. The fraction of sp³-hybridized carbons (Fsp3) is 0.957. The molecule has 5 saturated carbocycles. The molecule has 2 atom stereocenters. The maximum Gasteiger partial charge on any atom is 0.220 e. The molecule has 5 aliphatic carbocycles. The summed E-state index contributed by atoms with van der Waals surface area (Å²) in [7, 11) is 0. The summed E-state index contributed by atoms with van der Waals surface area (Å²) in [5.74, 6) is 1.94. The molecule has 164 valence electrons. The molecule has 1 amide bonds. The molecule has 6 heteroatoms. The van der Waals surface area contributed by atoms with Crippen LogP contribution in [0.5, 0.6) is 0 Å². The summed E-state index contributed by atoms with van der Waals surface area (Å²) in [6.07, 6.45) is 10.6. The summed E-state index contributed by atoms with van der Waals surface area (Å²) in [5.41, 5.74) is 5.71. The fourth-order valence-corrected chi connectivity index (χ4v) is 7.00. The van der Waals surface area contributed by atoms with Gasteiger partial charge < -0.3 is 15.8 Å². The second kappa shape index (κ2) is 7.18. The molecular formula is C23H38N2O4. The van der Waals surface area contributed by atoms with Crippen molar-refractivity contribution in [2.45, 2.75) is 89.6 Å². The van der Waals surface area contributed by atoms with E-state index < -0.39 is 11.6 Å². The van der Waals surface area contributed by atoms with Gasteiger partial charge in [0.25, 0.3) is 0 Å². The summed E-state index contributed by atoms with van der Waals surface area (Å²) in [6, 6.07) is 0. The quantitative estimate of drug-likeness (QED) is 0.683. The van der Waals surface area contributed by atoms with E-state index in [9.17, 15) is 4.79 Å². The van der Waals surface area contributed by atoms with Crippen LogP contribution in [0.4, 0.5) is 0 Å². The molecule has 6 aliphatic rings. The number of nitrogens with one attached hydrogen (secondary N) is 1. The molecule has 0 aromatic heterocycles. The van der Waals surface area contributed by atoms with E-state index in [1.165, 1.54) is 32.1 Å². The summed E-state index contributed by atoms with van der Waals surface area (Å²) >= 11 is 0. The largest absolute Gasteiger partial charge is 0.356 e. The third-order valence-corrected chi connectivity index (χ3v) is 8.51. The van der Waals surface area contributed by atoms with Gasteiger partial charge in [-0.1, -0.05) is 13.8 Å². The predicted molar refractivity (Wildman–Crippen MR) is 108 cm³/mol. The lowest BCUT2D eigenvalue weighted by atomic mass is 9.53. The monoisotopic (exact) mass is 406 g/mol. The highest BCUT2D eigenvalue weighted by atomic mass is 17.3. The smallest absolute Gasteiger partial charge is 0.220 e. The molecule has 2 unspecified atom stereocenters. The van der Waals surface area contributed by atoms with Gasteiger partial charge in [0.15, 0.2) is 0 Å². The molecule has 4 bridgehead atoms. The third kappa shape index (κ3) is 3.64. The molecule has 6 nitrogen and oxygen atoms in total. The Morgan fingerprint density at radius 2 is 1.79 bits per heavy atom. The van der Waals surface area contributed by atoms with E-state index in [1.807, 2.05) is 0 Å². The number of hydrogen-bond donors (Lipinski definition) is 2. The number of amides is 1. The van der Waals surface area contributed by atoms with E-state index in [4.69, 9.17) is 20.2 Å². The summed E-state index contributed by atoms with van der Waals surface area (Å²) in [4.78, 5) is 24.7. The topological polar surface area (TPSA) is 82.8 Å². The lowest BCUT2D eigenvalue weighted by Crippen LogP contribution is -2.59. The lowest BCUT2D eigenvalue weighted by molar-refractivity contribution is -0.390. The molecule has 0 radical (unpaired) electrons. The van der Waals surface area contributed by atoms with Crippen LogP contribution < -0.4 is 11.1 Å². The molecule has 6 rings (SSSR count). The van der Waals surface area contributed by atoms with Crippen molar-refractivity contribution in [1.82, 2.24) is 5.32 Å². The third-order valence-electron chi connectivity index (χ3n) is 8.51. The van der Waals surface area contributed by atoms with Gasteiger partial charge in [-0.25, -0.2) is 0 Å². The standard InChI is InChI=1S/C23H38N2O4/c1-21(2,13-24)14-25-20(26)11-15-4-3-5-22(12-15)27-23(29-28-22)18-7-16-6-17(9-18)10-19(23)8-16/h15-19H,3-14,24H2,1-2H3,(H,25,26). The van der Waals surface area contributed by atoms with Gasteiger partial charge in [-0.2, -0.15) is 9.78 Å². The Balaban J connectivity index is 1.21. The van der Waals surface area contributed by atoms with Crippen molar-refractivity contribution in [3.8, 4) is 0 Å². The number of ether oxygens (including phenoxy) is 1. The van der Waals surface area contributed by atoms with Crippen LogP contribution in [0, 0.1) is 35.0 Å². The Morgan fingerprint density at radius 3 is 2.45 bits per heavy atom. The Hall–Kier alpha value is -0.690. The van der Waals surface area contributed by atoms with Gasteiger partial charge in [0, 0.05) is 37.6 Å². The maximum absolute atomic E-state index is 12.5. The minimum atomic E-state index is -0.644. The highest BCUT2D eigenvalue weighted by Crippen LogP contribution is 2.64. The average Bonchev–Trinajstić information content (AvgIpc) is 3.04. The average molecular weight is 407 g/mol. The van der Waals surface area contributed by atoms with Crippen LogP contribution in [-0.4, -0.2) is 30.6 Å². The summed E-state index contributed by atoms with van der Waals surface area (Å²) in [6.45, 7) is 5.33. The summed E-state index contributed by atoms with van der Waals surface area (Å²) in [5, 5.41) is 3.07. The predicted octanol–water partition coefficient (Wildman–Crippen LogP) is 3.49. The van der Waals surface area contributed by atoms with Crippen LogP contribution >= 0.6 is 0 Å².